The van der Waals surface area contributed by atoms with E-state index in [9.17, 15) is 4.79 Å². The van der Waals surface area contributed by atoms with Crippen LogP contribution in [0.25, 0.3) is 0 Å². The predicted octanol–water partition coefficient (Wildman–Crippen LogP) is 2.45. The second-order valence-electron chi connectivity index (χ2n) is 3.38. The summed E-state index contributed by atoms with van der Waals surface area (Å²) in [5.41, 5.74) is 6.77. The van der Waals surface area contributed by atoms with Gasteiger partial charge in [0.25, 0.3) is 0 Å². The Bertz CT molecular complexity index is 489. The van der Waals surface area contributed by atoms with E-state index in [1.54, 1.807) is 12.1 Å². The lowest BCUT2D eigenvalue weighted by Crippen LogP contribution is -2.20. The maximum Gasteiger partial charge on any atom is 0.216 e. The van der Waals surface area contributed by atoms with Crippen molar-refractivity contribution in [2.24, 2.45) is 0 Å². The number of hydrogen-bond donors (Lipinski definition) is 2. The van der Waals surface area contributed by atoms with Crippen molar-refractivity contribution in [1.29, 1.82) is 0 Å². The molecule has 0 aliphatic carbocycles. The van der Waals surface area contributed by atoms with Crippen LogP contribution in [0.1, 0.15) is 18.9 Å². The van der Waals surface area contributed by atoms with Crippen LogP contribution in [0.4, 0.5) is 5.69 Å². The molecule has 0 saturated carbocycles. The minimum atomic E-state index is -0.0721. The van der Waals surface area contributed by atoms with Gasteiger partial charge in [0, 0.05) is 24.9 Å². The Balaban J connectivity index is 2.68. The lowest BCUT2D eigenvalue weighted by atomic mass is 10.2. The van der Waals surface area contributed by atoms with Gasteiger partial charge in [-0.15, -0.1) is 0 Å². The number of nitrogen functional groups attached to an aromatic ring is 1. The molecule has 0 spiro atoms. The summed E-state index contributed by atoms with van der Waals surface area (Å²) in [7, 11) is 0. The minimum absolute atomic E-state index is 0.0721. The Kier molecular flexibility index (Phi) is 5.14. The van der Waals surface area contributed by atoms with E-state index in [0.29, 0.717) is 34.3 Å². The molecule has 5 heteroatoms. The number of hydrogen-bond acceptors (Lipinski definition) is 2. The van der Waals surface area contributed by atoms with Crippen LogP contribution in [0.15, 0.2) is 12.1 Å². The van der Waals surface area contributed by atoms with Gasteiger partial charge in [0.1, 0.15) is 0 Å². The molecule has 3 nitrogen and oxygen atoms in total. The lowest BCUT2D eigenvalue weighted by Gasteiger charge is -2.01. The van der Waals surface area contributed by atoms with Gasteiger partial charge >= 0.3 is 0 Å². The minimum Gasteiger partial charge on any atom is -0.397 e. The van der Waals surface area contributed by atoms with Gasteiger partial charge in [-0.25, -0.2) is 0 Å². The molecular weight excluding hydrogens is 259 g/mol. The topological polar surface area (TPSA) is 55.1 Å². The van der Waals surface area contributed by atoms with E-state index in [-0.39, 0.29) is 5.91 Å². The summed E-state index contributed by atoms with van der Waals surface area (Å²) in [4.78, 5) is 10.6. The van der Waals surface area contributed by atoms with E-state index in [2.05, 4.69) is 17.2 Å². The van der Waals surface area contributed by atoms with E-state index < -0.39 is 0 Å². The van der Waals surface area contributed by atoms with E-state index in [4.69, 9.17) is 28.9 Å². The molecule has 1 rings (SSSR count). The van der Waals surface area contributed by atoms with Crippen LogP contribution < -0.4 is 11.1 Å². The number of halogens is 2. The zero-order valence-corrected chi connectivity index (χ0v) is 10.8. The molecule has 0 bridgehead atoms. The van der Waals surface area contributed by atoms with Gasteiger partial charge in [0.05, 0.1) is 16.3 Å². The first kappa shape index (κ1) is 13.7. The molecule has 0 unspecified atom stereocenters. The summed E-state index contributed by atoms with van der Waals surface area (Å²) in [5.74, 6) is 5.69. The third-order valence-electron chi connectivity index (χ3n) is 1.94. The molecule has 1 aromatic carbocycles. The van der Waals surface area contributed by atoms with Crippen LogP contribution in [-0.4, -0.2) is 12.5 Å². The Morgan fingerprint density at radius 3 is 2.82 bits per heavy atom. The van der Waals surface area contributed by atoms with Crippen LogP contribution in [-0.2, 0) is 4.79 Å². The van der Waals surface area contributed by atoms with Gasteiger partial charge < -0.3 is 11.1 Å². The highest BCUT2D eigenvalue weighted by molar-refractivity contribution is 6.36. The number of carbonyl (C=O) groups excluding carboxylic acids is 1. The summed E-state index contributed by atoms with van der Waals surface area (Å²) in [5, 5.41) is 3.53. The molecule has 0 fully saturated rings. The lowest BCUT2D eigenvalue weighted by molar-refractivity contribution is -0.118. The Morgan fingerprint density at radius 2 is 2.18 bits per heavy atom. The van der Waals surface area contributed by atoms with E-state index in [0.717, 1.165) is 0 Å². The summed E-state index contributed by atoms with van der Waals surface area (Å²) >= 11 is 11.7. The third kappa shape index (κ3) is 4.56. The van der Waals surface area contributed by atoms with Gasteiger partial charge in [0.15, 0.2) is 0 Å². The van der Waals surface area contributed by atoms with Crippen molar-refractivity contribution in [3.8, 4) is 11.8 Å². The smallest absolute Gasteiger partial charge is 0.216 e. The monoisotopic (exact) mass is 270 g/mol. The van der Waals surface area contributed by atoms with Crippen molar-refractivity contribution < 1.29 is 4.79 Å². The number of nitrogens with two attached hydrogens (primary N) is 1. The standard InChI is InChI=1S/C12H12Cl2N2O/c1-8(17)16-5-3-2-4-9-6-10(13)7-11(14)12(9)15/h6-7H,3,5,15H2,1H3,(H,16,17). The second-order valence-corrected chi connectivity index (χ2v) is 4.23. The molecule has 0 aliphatic rings. The average molecular weight is 271 g/mol. The zero-order valence-electron chi connectivity index (χ0n) is 9.31. The highest BCUT2D eigenvalue weighted by atomic mass is 35.5. The molecular formula is C12H12Cl2N2O. The second kappa shape index (κ2) is 6.39. The molecule has 90 valence electrons. The maximum absolute atomic E-state index is 10.6. The van der Waals surface area contributed by atoms with Crippen LogP contribution >= 0.6 is 23.2 Å². The zero-order chi connectivity index (χ0) is 12.8. The van der Waals surface area contributed by atoms with Crippen LogP contribution in [0.3, 0.4) is 0 Å². The summed E-state index contributed by atoms with van der Waals surface area (Å²) in [6.07, 6.45) is 0.545. The Labute approximate surface area is 110 Å². The van der Waals surface area contributed by atoms with Gasteiger partial charge in [0.2, 0.25) is 5.91 Å². The number of benzene rings is 1. The van der Waals surface area contributed by atoms with Crippen molar-refractivity contribution in [3.63, 3.8) is 0 Å². The normalized spacial score (nSPS) is 9.35. The molecule has 0 aromatic heterocycles. The van der Waals surface area contributed by atoms with E-state index >= 15 is 0 Å². The number of anilines is 1. The third-order valence-corrected chi connectivity index (χ3v) is 2.47. The maximum atomic E-state index is 10.6. The first-order chi connectivity index (χ1) is 8.00. The van der Waals surface area contributed by atoms with Gasteiger partial charge in [-0.05, 0) is 12.1 Å². The highest BCUT2D eigenvalue weighted by Crippen LogP contribution is 2.26. The predicted molar refractivity (Wildman–Crippen MR) is 71.1 cm³/mol. The van der Waals surface area contributed by atoms with Crippen molar-refractivity contribution >= 4 is 34.8 Å². The number of amides is 1. The molecule has 17 heavy (non-hydrogen) atoms. The van der Waals surface area contributed by atoms with Crippen LogP contribution in [0, 0.1) is 11.8 Å². The number of carbonyl (C=O) groups is 1. The van der Waals surface area contributed by atoms with E-state index in [1.807, 2.05) is 0 Å². The van der Waals surface area contributed by atoms with Crippen molar-refractivity contribution in [1.82, 2.24) is 5.32 Å². The Hall–Kier alpha value is -1.37. The van der Waals surface area contributed by atoms with Crippen LogP contribution in [0.5, 0.6) is 0 Å². The molecule has 0 radical (unpaired) electrons. The van der Waals surface area contributed by atoms with Gasteiger partial charge in [-0.1, -0.05) is 35.0 Å². The van der Waals surface area contributed by atoms with Crippen LogP contribution in [0.2, 0.25) is 10.0 Å². The molecule has 1 aromatic rings. The highest BCUT2D eigenvalue weighted by Gasteiger charge is 2.03. The molecule has 3 N–H and O–H groups in total. The quantitative estimate of drug-likeness (QED) is 0.493. The first-order valence-electron chi connectivity index (χ1n) is 4.98. The molecule has 0 heterocycles. The molecule has 1 amide bonds. The molecule has 0 saturated heterocycles. The van der Waals surface area contributed by atoms with Crippen molar-refractivity contribution in [2.75, 3.05) is 12.3 Å². The number of nitrogens with one attached hydrogen (secondary N) is 1. The largest absolute Gasteiger partial charge is 0.397 e. The fourth-order valence-corrected chi connectivity index (χ4v) is 1.64. The summed E-state index contributed by atoms with van der Waals surface area (Å²) in [6, 6.07) is 3.23. The molecule has 0 aliphatic heterocycles. The fourth-order valence-electron chi connectivity index (χ4n) is 1.15. The van der Waals surface area contributed by atoms with Gasteiger partial charge in [-0.3, -0.25) is 4.79 Å². The average Bonchev–Trinajstić information content (AvgIpc) is 2.23. The van der Waals surface area contributed by atoms with Gasteiger partial charge in [-0.2, -0.15) is 0 Å². The SMILES string of the molecule is CC(=O)NCCC#Cc1cc(Cl)cc(Cl)c1N. The van der Waals surface area contributed by atoms with Crippen molar-refractivity contribution in [3.05, 3.63) is 27.7 Å². The van der Waals surface area contributed by atoms with E-state index in [1.165, 1.54) is 6.92 Å². The summed E-state index contributed by atoms with van der Waals surface area (Å²) in [6.45, 7) is 1.97. The Morgan fingerprint density at radius 1 is 1.47 bits per heavy atom. The molecule has 0 atom stereocenters. The first-order valence-corrected chi connectivity index (χ1v) is 5.74. The van der Waals surface area contributed by atoms with Crippen molar-refractivity contribution in [2.45, 2.75) is 13.3 Å². The summed E-state index contributed by atoms with van der Waals surface area (Å²) < 4.78 is 0. The number of rotatable bonds is 2. The fraction of sp³-hybridized carbons (Fsp3) is 0.250.